The quantitative estimate of drug-likeness (QED) is 0.690. The van der Waals surface area contributed by atoms with E-state index in [1.165, 1.54) is 6.42 Å². The van der Waals surface area contributed by atoms with Crippen LogP contribution in [-0.4, -0.2) is 10.7 Å². The first kappa shape index (κ1) is 10.0. The molecule has 0 aromatic heterocycles. The van der Waals surface area contributed by atoms with Gasteiger partial charge in [-0.05, 0) is 30.6 Å². The molecular formula is C11H22O. The lowest BCUT2D eigenvalue weighted by Gasteiger charge is -2.24. The Morgan fingerprint density at radius 2 is 1.92 bits per heavy atom. The molecule has 1 heteroatoms. The minimum atomic E-state index is -0.440. The third-order valence-electron chi connectivity index (χ3n) is 4.29. The van der Waals surface area contributed by atoms with E-state index in [1.54, 1.807) is 0 Å². The maximum Gasteiger partial charge on any atom is 0.0653 e. The van der Waals surface area contributed by atoms with Gasteiger partial charge in [-0.1, -0.05) is 34.1 Å². The minimum absolute atomic E-state index is 0.402. The third kappa shape index (κ3) is 1.19. The van der Waals surface area contributed by atoms with Crippen LogP contribution in [0, 0.1) is 17.3 Å². The van der Waals surface area contributed by atoms with E-state index in [0.717, 1.165) is 6.42 Å². The Kier molecular flexibility index (Phi) is 2.28. The highest BCUT2D eigenvalue weighted by molar-refractivity contribution is 5.11. The Morgan fingerprint density at radius 3 is 2.17 bits per heavy atom. The Balaban J connectivity index is 2.70. The smallest absolute Gasteiger partial charge is 0.0653 e. The van der Waals surface area contributed by atoms with Gasteiger partial charge in [-0.3, -0.25) is 0 Å². The zero-order valence-electron chi connectivity index (χ0n) is 9.02. The van der Waals surface area contributed by atoms with Crippen LogP contribution in [-0.2, 0) is 0 Å². The van der Waals surface area contributed by atoms with Crippen LogP contribution in [0.3, 0.4) is 0 Å². The summed E-state index contributed by atoms with van der Waals surface area (Å²) in [5.74, 6) is 1.21. The summed E-state index contributed by atoms with van der Waals surface area (Å²) >= 11 is 0. The van der Waals surface area contributed by atoms with E-state index >= 15 is 0 Å². The molecule has 1 rings (SSSR count). The van der Waals surface area contributed by atoms with Crippen molar-refractivity contribution >= 4 is 0 Å². The van der Waals surface area contributed by atoms with Gasteiger partial charge in [0.1, 0.15) is 0 Å². The maximum absolute atomic E-state index is 10.1. The Bertz CT molecular complexity index is 162. The zero-order valence-corrected chi connectivity index (χ0v) is 9.02. The van der Waals surface area contributed by atoms with Crippen molar-refractivity contribution in [1.82, 2.24) is 0 Å². The van der Waals surface area contributed by atoms with Crippen LogP contribution in [0.4, 0.5) is 0 Å². The first-order valence-electron chi connectivity index (χ1n) is 5.12. The topological polar surface area (TPSA) is 20.2 Å². The molecule has 1 aliphatic carbocycles. The summed E-state index contributed by atoms with van der Waals surface area (Å²) in [5.41, 5.74) is -0.0380. The molecule has 0 aliphatic heterocycles. The molecule has 0 bridgehead atoms. The first-order chi connectivity index (χ1) is 5.40. The normalized spacial score (nSPS) is 45.5. The van der Waals surface area contributed by atoms with Gasteiger partial charge in [-0.2, -0.15) is 0 Å². The molecule has 12 heavy (non-hydrogen) atoms. The van der Waals surface area contributed by atoms with Gasteiger partial charge in [0.25, 0.3) is 0 Å². The maximum atomic E-state index is 10.1. The SMILES string of the molecule is CCC(C)(O)C1C(C)C1(C)CC. The largest absolute Gasteiger partial charge is 0.390 e. The summed E-state index contributed by atoms with van der Waals surface area (Å²) < 4.78 is 0. The number of rotatable bonds is 3. The first-order valence-corrected chi connectivity index (χ1v) is 5.12. The Morgan fingerprint density at radius 1 is 1.42 bits per heavy atom. The average Bonchev–Trinajstić information content (AvgIpc) is 2.57. The van der Waals surface area contributed by atoms with E-state index in [-0.39, 0.29) is 0 Å². The number of hydrogen-bond acceptors (Lipinski definition) is 1. The molecule has 0 amide bonds. The highest BCUT2D eigenvalue weighted by atomic mass is 16.3. The molecule has 0 aromatic carbocycles. The fraction of sp³-hybridized carbons (Fsp3) is 1.00. The van der Waals surface area contributed by atoms with Crippen molar-refractivity contribution in [2.75, 3.05) is 0 Å². The predicted molar refractivity (Wildman–Crippen MR) is 52.0 cm³/mol. The molecule has 0 radical (unpaired) electrons. The molecule has 0 aromatic rings. The molecule has 72 valence electrons. The molecule has 1 saturated carbocycles. The lowest BCUT2D eigenvalue weighted by molar-refractivity contribution is 0.0170. The van der Waals surface area contributed by atoms with E-state index in [2.05, 4.69) is 27.7 Å². The van der Waals surface area contributed by atoms with Gasteiger partial charge in [0.2, 0.25) is 0 Å². The molecule has 0 spiro atoms. The highest BCUT2D eigenvalue weighted by Crippen LogP contribution is 2.65. The average molecular weight is 170 g/mol. The molecule has 1 nitrogen and oxygen atoms in total. The molecule has 1 N–H and O–H groups in total. The van der Waals surface area contributed by atoms with Gasteiger partial charge >= 0.3 is 0 Å². The van der Waals surface area contributed by atoms with Gasteiger partial charge < -0.3 is 5.11 Å². The van der Waals surface area contributed by atoms with Crippen LogP contribution < -0.4 is 0 Å². The third-order valence-corrected chi connectivity index (χ3v) is 4.29. The van der Waals surface area contributed by atoms with E-state index in [0.29, 0.717) is 17.3 Å². The molecule has 4 unspecified atom stereocenters. The van der Waals surface area contributed by atoms with E-state index < -0.39 is 5.60 Å². The molecular weight excluding hydrogens is 148 g/mol. The monoisotopic (exact) mass is 170 g/mol. The summed E-state index contributed by atoms with van der Waals surface area (Å²) in [6.07, 6.45) is 2.06. The summed E-state index contributed by atoms with van der Waals surface area (Å²) in [6.45, 7) is 10.8. The summed E-state index contributed by atoms with van der Waals surface area (Å²) in [5, 5.41) is 10.1. The van der Waals surface area contributed by atoms with Gasteiger partial charge in [-0.25, -0.2) is 0 Å². The molecule has 1 fully saturated rings. The van der Waals surface area contributed by atoms with Gasteiger partial charge in [0.15, 0.2) is 0 Å². The van der Waals surface area contributed by atoms with Crippen LogP contribution >= 0.6 is 0 Å². The zero-order chi connectivity index (χ0) is 9.57. The number of aliphatic hydroxyl groups is 1. The molecule has 0 saturated heterocycles. The lowest BCUT2D eigenvalue weighted by atomic mass is 9.90. The van der Waals surface area contributed by atoms with Gasteiger partial charge in [-0.15, -0.1) is 0 Å². The predicted octanol–water partition coefficient (Wildman–Crippen LogP) is 2.83. The summed E-state index contributed by atoms with van der Waals surface area (Å²) in [6, 6.07) is 0. The van der Waals surface area contributed by atoms with Crippen LogP contribution in [0.5, 0.6) is 0 Å². The van der Waals surface area contributed by atoms with Crippen LogP contribution in [0.25, 0.3) is 0 Å². The second kappa shape index (κ2) is 2.73. The van der Waals surface area contributed by atoms with E-state index in [4.69, 9.17) is 0 Å². The Labute approximate surface area is 76.2 Å². The van der Waals surface area contributed by atoms with Crippen LogP contribution in [0.2, 0.25) is 0 Å². The van der Waals surface area contributed by atoms with E-state index in [1.807, 2.05) is 6.92 Å². The summed E-state index contributed by atoms with van der Waals surface area (Å²) in [4.78, 5) is 0. The molecule has 1 aliphatic rings. The van der Waals surface area contributed by atoms with Gasteiger partial charge in [0.05, 0.1) is 5.60 Å². The van der Waals surface area contributed by atoms with Crippen molar-refractivity contribution < 1.29 is 5.11 Å². The van der Waals surface area contributed by atoms with Crippen molar-refractivity contribution in [3.8, 4) is 0 Å². The molecule has 4 atom stereocenters. The van der Waals surface area contributed by atoms with Gasteiger partial charge in [0, 0.05) is 0 Å². The molecule has 0 heterocycles. The highest BCUT2D eigenvalue weighted by Gasteiger charge is 2.63. The second-order valence-electron chi connectivity index (χ2n) is 4.84. The van der Waals surface area contributed by atoms with Crippen LogP contribution in [0.1, 0.15) is 47.5 Å². The summed E-state index contributed by atoms with van der Waals surface area (Å²) in [7, 11) is 0. The fourth-order valence-electron chi connectivity index (χ4n) is 2.81. The van der Waals surface area contributed by atoms with Crippen molar-refractivity contribution in [3.05, 3.63) is 0 Å². The lowest BCUT2D eigenvalue weighted by Crippen LogP contribution is -2.28. The van der Waals surface area contributed by atoms with Crippen molar-refractivity contribution in [1.29, 1.82) is 0 Å². The van der Waals surface area contributed by atoms with Crippen molar-refractivity contribution in [2.24, 2.45) is 17.3 Å². The van der Waals surface area contributed by atoms with Crippen LogP contribution in [0.15, 0.2) is 0 Å². The second-order valence-corrected chi connectivity index (χ2v) is 4.84. The van der Waals surface area contributed by atoms with Crippen molar-refractivity contribution in [2.45, 2.75) is 53.1 Å². The standard InChI is InChI=1S/C11H22O/c1-6-10(4)8(3)9(10)11(5,12)7-2/h8-9,12H,6-7H2,1-5H3. The minimum Gasteiger partial charge on any atom is -0.390 e. The Hall–Kier alpha value is -0.0400. The van der Waals surface area contributed by atoms with Crippen molar-refractivity contribution in [3.63, 3.8) is 0 Å². The number of hydrogen-bond donors (Lipinski definition) is 1. The van der Waals surface area contributed by atoms with E-state index in [9.17, 15) is 5.11 Å². The fourth-order valence-corrected chi connectivity index (χ4v) is 2.81.